The number of hydrogen-bond donors (Lipinski definition) is 1. The minimum atomic E-state index is -0.181. The highest BCUT2D eigenvalue weighted by Gasteiger charge is 2.09. The van der Waals surface area contributed by atoms with E-state index in [0.29, 0.717) is 12.4 Å². The average molecular weight is 315 g/mol. The van der Waals surface area contributed by atoms with Crippen molar-refractivity contribution in [3.8, 4) is 17.2 Å². The fourth-order valence-electron chi connectivity index (χ4n) is 1.92. The lowest BCUT2D eigenvalue weighted by Gasteiger charge is -2.15. The van der Waals surface area contributed by atoms with Gasteiger partial charge in [-0.1, -0.05) is 18.2 Å². The van der Waals surface area contributed by atoms with Gasteiger partial charge in [0.15, 0.2) is 6.61 Å². The molecule has 122 valence electrons. The molecule has 1 N–H and O–H groups in total. The first-order valence-corrected chi connectivity index (χ1v) is 7.41. The number of hydrogen-bond acceptors (Lipinski definition) is 4. The van der Waals surface area contributed by atoms with E-state index in [0.717, 1.165) is 11.5 Å². The van der Waals surface area contributed by atoms with Crippen LogP contribution in [0.1, 0.15) is 6.92 Å². The minimum absolute atomic E-state index is 0.0170. The zero-order valence-corrected chi connectivity index (χ0v) is 13.3. The van der Waals surface area contributed by atoms with E-state index in [1.54, 1.807) is 7.11 Å². The average Bonchev–Trinajstić information content (AvgIpc) is 2.59. The summed E-state index contributed by atoms with van der Waals surface area (Å²) in [7, 11) is 1.62. The maximum Gasteiger partial charge on any atom is 0.258 e. The van der Waals surface area contributed by atoms with Crippen molar-refractivity contribution in [1.29, 1.82) is 0 Å². The molecule has 1 atom stereocenters. The zero-order valence-electron chi connectivity index (χ0n) is 13.3. The van der Waals surface area contributed by atoms with Gasteiger partial charge in [-0.15, -0.1) is 0 Å². The van der Waals surface area contributed by atoms with Gasteiger partial charge in [-0.05, 0) is 43.3 Å². The molecule has 0 saturated carbocycles. The molecule has 0 spiro atoms. The van der Waals surface area contributed by atoms with Crippen LogP contribution in [0.25, 0.3) is 0 Å². The van der Waals surface area contributed by atoms with E-state index < -0.39 is 0 Å². The Kier molecular flexibility index (Phi) is 6.29. The lowest BCUT2D eigenvalue weighted by molar-refractivity contribution is -0.123. The van der Waals surface area contributed by atoms with E-state index in [4.69, 9.17) is 14.2 Å². The summed E-state index contributed by atoms with van der Waals surface area (Å²) in [5, 5.41) is 2.83. The lowest BCUT2D eigenvalue weighted by Crippen LogP contribution is -2.39. The Morgan fingerprint density at radius 2 is 1.57 bits per heavy atom. The quantitative estimate of drug-likeness (QED) is 0.813. The van der Waals surface area contributed by atoms with Crippen molar-refractivity contribution in [2.45, 2.75) is 13.0 Å². The standard InChI is InChI=1S/C18H21NO4/c1-14(12-22-17-10-8-15(21-2)9-11-17)19-18(20)13-23-16-6-4-3-5-7-16/h3-11,14H,12-13H2,1-2H3,(H,19,20)/t14-/m0/s1. The van der Waals surface area contributed by atoms with Gasteiger partial charge in [-0.25, -0.2) is 0 Å². The van der Waals surface area contributed by atoms with E-state index in [2.05, 4.69) is 5.32 Å². The summed E-state index contributed by atoms with van der Waals surface area (Å²) in [5.74, 6) is 1.99. The summed E-state index contributed by atoms with van der Waals surface area (Å²) in [6.45, 7) is 2.24. The first-order chi connectivity index (χ1) is 11.2. The van der Waals surface area contributed by atoms with Crippen LogP contribution < -0.4 is 19.5 Å². The minimum Gasteiger partial charge on any atom is -0.497 e. The fourth-order valence-corrected chi connectivity index (χ4v) is 1.92. The third-order valence-electron chi connectivity index (χ3n) is 3.08. The molecule has 0 unspecified atom stereocenters. The second-order valence-corrected chi connectivity index (χ2v) is 5.06. The number of nitrogens with one attached hydrogen (secondary N) is 1. The predicted molar refractivity (Wildman–Crippen MR) is 88.0 cm³/mol. The molecule has 2 aromatic rings. The highest BCUT2D eigenvalue weighted by atomic mass is 16.5. The molecule has 2 rings (SSSR count). The SMILES string of the molecule is COc1ccc(OC[C@H](C)NC(=O)COc2ccccc2)cc1. The Bertz CT molecular complexity index is 598. The van der Waals surface area contributed by atoms with Gasteiger partial charge >= 0.3 is 0 Å². The number of benzene rings is 2. The van der Waals surface area contributed by atoms with E-state index in [-0.39, 0.29) is 18.6 Å². The zero-order chi connectivity index (χ0) is 16.5. The van der Waals surface area contributed by atoms with E-state index >= 15 is 0 Å². The monoisotopic (exact) mass is 315 g/mol. The van der Waals surface area contributed by atoms with Gasteiger partial charge in [0.05, 0.1) is 13.2 Å². The molecule has 0 radical (unpaired) electrons. The topological polar surface area (TPSA) is 56.8 Å². The summed E-state index contributed by atoms with van der Waals surface area (Å²) >= 11 is 0. The molecular formula is C18H21NO4. The Morgan fingerprint density at radius 3 is 2.22 bits per heavy atom. The smallest absolute Gasteiger partial charge is 0.258 e. The molecule has 0 heterocycles. The van der Waals surface area contributed by atoms with Crippen molar-refractivity contribution < 1.29 is 19.0 Å². The number of methoxy groups -OCH3 is 1. The molecule has 0 aliphatic rings. The van der Waals surface area contributed by atoms with Crippen LogP contribution in [0, 0.1) is 0 Å². The molecule has 1 amide bonds. The summed E-state index contributed by atoms with van der Waals surface area (Å²) in [4.78, 5) is 11.8. The Balaban J connectivity index is 1.69. The number of para-hydroxylation sites is 1. The molecule has 5 heteroatoms. The number of carbonyl (C=O) groups is 1. The predicted octanol–water partition coefficient (Wildman–Crippen LogP) is 2.66. The van der Waals surface area contributed by atoms with Crippen LogP contribution in [0.15, 0.2) is 54.6 Å². The molecular weight excluding hydrogens is 294 g/mol. The largest absolute Gasteiger partial charge is 0.497 e. The van der Waals surface area contributed by atoms with Gasteiger partial charge in [0.1, 0.15) is 23.9 Å². The maximum atomic E-state index is 11.8. The van der Waals surface area contributed by atoms with Gasteiger partial charge in [0.25, 0.3) is 5.91 Å². The van der Waals surface area contributed by atoms with Crippen LogP contribution in [0.5, 0.6) is 17.2 Å². The second-order valence-electron chi connectivity index (χ2n) is 5.06. The molecule has 5 nitrogen and oxygen atoms in total. The maximum absolute atomic E-state index is 11.8. The number of amides is 1. The first-order valence-electron chi connectivity index (χ1n) is 7.41. The molecule has 23 heavy (non-hydrogen) atoms. The molecule has 0 aliphatic heterocycles. The van der Waals surface area contributed by atoms with Crippen LogP contribution in [0.4, 0.5) is 0 Å². The molecule has 2 aromatic carbocycles. The third-order valence-corrected chi connectivity index (χ3v) is 3.08. The van der Waals surface area contributed by atoms with Gasteiger partial charge in [-0.2, -0.15) is 0 Å². The Hall–Kier alpha value is -2.69. The second kappa shape index (κ2) is 8.68. The summed E-state index contributed by atoms with van der Waals surface area (Å²) < 4.78 is 16.1. The van der Waals surface area contributed by atoms with Crippen LogP contribution in [-0.4, -0.2) is 32.3 Å². The van der Waals surface area contributed by atoms with Crippen molar-refractivity contribution in [2.75, 3.05) is 20.3 Å². The van der Waals surface area contributed by atoms with E-state index in [1.165, 1.54) is 0 Å². The summed E-state index contributed by atoms with van der Waals surface area (Å²) in [6.07, 6.45) is 0. The highest BCUT2D eigenvalue weighted by molar-refractivity contribution is 5.77. The van der Waals surface area contributed by atoms with Gasteiger partial charge in [-0.3, -0.25) is 4.79 Å². The van der Waals surface area contributed by atoms with Crippen molar-refractivity contribution in [1.82, 2.24) is 5.32 Å². The van der Waals surface area contributed by atoms with Crippen LogP contribution in [0.2, 0.25) is 0 Å². The number of carbonyl (C=O) groups excluding carboxylic acids is 1. The summed E-state index contributed by atoms with van der Waals surface area (Å²) in [6, 6.07) is 16.4. The van der Waals surface area contributed by atoms with Gasteiger partial charge in [0, 0.05) is 0 Å². The number of rotatable bonds is 8. The molecule has 0 fully saturated rings. The Morgan fingerprint density at radius 1 is 0.957 bits per heavy atom. The van der Waals surface area contributed by atoms with Crippen molar-refractivity contribution in [3.05, 3.63) is 54.6 Å². The van der Waals surface area contributed by atoms with Gasteiger partial charge < -0.3 is 19.5 Å². The van der Waals surface area contributed by atoms with Crippen molar-refractivity contribution >= 4 is 5.91 Å². The number of ether oxygens (including phenoxy) is 3. The van der Waals surface area contributed by atoms with Crippen molar-refractivity contribution in [3.63, 3.8) is 0 Å². The molecule has 0 aliphatic carbocycles. The molecule has 0 bridgehead atoms. The van der Waals surface area contributed by atoms with E-state index in [9.17, 15) is 4.79 Å². The normalized spacial score (nSPS) is 11.4. The first kappa shape index (κ1) is 16.7. The fraction of sp³-hybridized carbons (Fsp3) is 0.278. The highest BCUT2D eigenvalue weighted by Crippen LogP contribution is 2.17. The Labute approximate surface area is 136 Å². The summed E-state index contributed by atoms with van der Waals surface area (Å²) in [5.41, 5.74) is 0. The van der Waals surface area contributed by atoms with Crippen molar-refractivity contribution in [2.24, 2.45) is 0 Å². The lowest BCUT2D eigenvalue weighted by atomic mass is 10.3. The van der Waals surface area contributed by atoms with Crippen LogP contribution >= 0.6 is 0 Å². The van der Waals surface area contributed by atoms with Crippen LogP contribution in [0.3, 0.4) is 0 Å². The van der Waals surface area contributed by atoms with Crippen LogP contribution in [-0.2, 0) is 4.79 Å². The third kappa shape index (κ3) is 5.90. The van der Waals surface area contributed by atoms with E-state index in [1.807, 2.05) is 61.5 Å². The van der Waals surface area contributed by atoms with Gasteiger partial charge in [0.2, 0.25) is 0 Å². The molecule has 0 aromatic heterocycles. The molecule has 0 saturated heterocycles.